The molecule has 2 aromatic heterocycles. The minimum Gasteiger partial charge on any atom is -0.332 e. The molecule has 0 aliphatic rings. The summed E-state index contributed by atoms with van der Waals surface area (Å²) < 4.78 is 2.17. The van der Waals surface area contributed by atoms with Gasteiger partial charge in [0.05, 0.1) is 0 Å². The van der Waals surface area contributed by atoms with Crippen molar-refractivity contribution in [2.24, 2.45) is 7.05 Å². The Bertz CT molecular complexity index is 936. The molecule has 0 radical (unpaired) electrons. The van der Waals surface area contributed by atoms with Crippen molar-refractivity contribution in [3.05, 3.63) is 49.1 Å². The highest BCUT2D eigenvalue weighted by molar-refractivity contribution is 9.10. The van der Waals surface area contributed by atoms with E-state index in [4.69, 9.17) is 0 Å². The van der Waals surface area contributed by atoms with Gasteiger partial charge in [0.25, 0.3) is 5.56 Å². The van der Waals surface area contributed by atoms with Crippen LogP contribution in [0.3, 0.4) is 0 Å². The molecule has 0 aliphatic carbocycles. The van der Waals surface area contributed by atoms with Crippen LogP contribution in [0.4, 0.5) is 0 Å². The molecule has 0 saturated heterocycles. The maximum absolute atomic E-state index is 11.8. The number of imidazole rings is 1. The van der Waals surface area contributed by atoms with Gasteiger partial charge in [-0.3, -0.25) is 14.3 Å². The van der Waals surface area contributed by atoms with Gasteiger partial charge in [-0.25, -0.2) is 9.78 Å². The predicted molar refractivity (Wildman–Crippen MR) is 79.8 cm³/mol. The number of aromatic amines is 2. The maximum atomic E-state index is 11.8. The lowest BCUT2D eigenvalue weighted by Crippen LogP contribution is -2.28. The smallest absolute Gasteiger partial charge is 0.329 e. The number of rotatable bonds is 1. The molecule has 0 unspecified atom stereocenters. The Morgan fingerprint density at radius 1 is 1.25 bits per heavy atom. The van der Waals surface area contributed by atoms with E-state index < -0.39 is 11.2 Å². The van der Waals surface area contributed by atoms with Gasteiger partial charge in [-0.2, -0.15) is 0 Å². The van der Waals surface area contributed by atoms with Crippen molar-refractivity contribution < 1.29 is 0 Å². The van der Waals surface area contributed by atoms with Gasteiger partial charge >= 0.3 is 5.69 Å². The van der Waals surface area contributed by atoms with E-state index in [9.17, 15) is 9.59 Å². The first kappa shape index (κ1) is 12.9. The lowest BCUT2D eigenvalue weighted by Gasteiger charge is -2.01. The zero-order chi connectivity index (χ0) is 14.4. The SMILES string of the molecule is Cc1ccc(Br)c(-c2nc3c([nH]2)c(=O)[nH]c(=O)n3C)c1. The molecule has 0 atom stereocenters. The molecule has 7 heteroatoms. The van der Waals surface area contributed by atoms with Crippen molar-refractivity contribution in [3.8, 4) is 11.4 Å². The fraction of sp³-hybridized carbons (Fsp3) is 0.154. The second kappa shape index (κ2) is 4.45. The van der Waals surface area contributed by atoms with Crippen LogP contribution in [0.15, 0.2) is 32.3 Å². The van der Waals surface area contributed by atoms with Gasteiger partial charge in [0.1, 0.15) is 11.3 Å². The number of nitrogens with one attached hydrogen (secondary N) is 2. The number of hydrogen-bond donors (Lipinski definition) is 2. The number of aromatic nitrogens is 4. The highest BCUT2D eigenvalue weighted by Crippen LogP contribution is 2.27. The van der Waals surface area contributed by atoms with Crippen molar-refractivity contribution in [1.82, 2.24) is 19.5 Å². The molecule has 2 N–H and O–H groups in total. The first-order valence-electron chi connectivity index (χ1n) is 5.93. The normalized spacial score (nSPS) is 11.2. The molecule has 2 heterocycles. The van der Waals surface area contributed by atoms with Gasteiger partial charge in [0.15, 0.2) is 5.65 Å². The van der Waals surface area contributed by atoms with Crippen molar-refractivity contribution in [2.45, 2.75) is 6.92 Å². The first-order valence-corrected chi connectivity index (χ1v) is 6.72. The van der Waals surface area contributed by atoms with Crippen LogP contribution < -0.4 is 11.2 Å². The van der Waals surface area contributed by atoms with Gasteiger partial charge in [-0.05, 0) is 19.1 Å². The Hall–Kier alpha value is -2.15. The molecular weight excluding hydrogens is 324 g/mol. The summed E-state index contributed by atoms with van der Waals surface area (Å²) in [6, 6.07) is 5.84. The molecule has 0 amide bonds. The summed E-state index contributed by atoms with van der Waals surface area (Å²) in [4.78, 5) is 32.9. The quantitative estimate of drug-likeness (QED) is 0.710. The van der Waals surface area contributed by atoms with E-state index in [0.29, 0.717) is 11.5 Å². The lowest BCUT2D eigenvalue weighted by molar-refractivity contribution is 0.832. The van der Waals surface area contributed by atoms with Crippen LogP contribution in [0.1, 0.15) is 5.56 Å². The van der Waals surface area contributed by atoms with Crippen molar-refractivity contribution >= 4 is 27.1 Å². The fourth-order valence-corrected chi connectivity index (χ4v) is 2.49. The largest absolute Gasteiger partial charge is 0.332 e. The average molecular weight is 335 g/mol. The third-order valence-electron chi connectivity index (χ3n) is 3.13. The van der Waals surface area contributed by atoms with Crippen LogP contribution in [0, 0.1) is 6.92 Å². The maximum Gasteiger partial charge on any atom is 0.329 e. The van der Waals surface area contributed by atoms with Crippen LogP contribution in [-0.4, -0.2) is 19.5 Å². The zero-order valence-corrected chi connectivity index (χ0v) is 12.4. The Morgan fingerprint density at radius 2 is 2.00 bits per heavy atom. The number of aryl methyl sites for hydroxylation is 2. The van der Waals surface area contributed by atoms with Crippen LogP contribution in [0.5, 0.6) is 0 Å². The average Bonchev–Trinajstić information content (AvgIpc) is 2.84. The number of benzene rings is 1. The van der Waals surface area contributed by atoms with Gasteiger partial charge in [0, 0.05) is 17.1 Å². The fourth-order valence-electron chi connectivity index (χ4n) is 2.05. The molecule has 0 spiro atoms. The predicted octanol–water partition coefficient (Wildman–Crippen LogP) is 1.69. The third kappa shape index (κ3) is 1.90. The summed E-state index contributed by atoms with van der Waals surface area (Å²) in [5.74, 6) is 0.544. The Kier molecular flexibility index (Phi) is 2.86. The van der Waals surface area contributed by atoms with Crippen molar-refractivity contribution in [2.75, 3.05) is 0 Å². The monoisotopic (exact) mass is 334 g/mol. The van der Waals surface area contributed by atoms with E-state index in [1.165, 1.54) is 4.57 Å². The third-order valence-corrected chi connectivity index (χ3v) is 3.82. The summed E-state index contributed by atoms with van der Waals surface area (Å²) in [6.07, 6.45) is 0. The molecule has 1 aromatic carbocycles. The van der Waals surface area contributed by atoms with E-state index >= 15 is 0 Å². The van der Waals surface area contributed by atoms with Crippen molar-refractivity contribution in [3.63, 3.8) is 0 Å². The lowest BCUT2D eigenvalue weighted by atomic mass is 10.1. The molecule has 3 aromatic rings. The van der Waals surface area contributed by atoms with E-state index in [0.717, 1.165) is 15.6 Å². The summed E-state index contributed by atoms with van der Waals surface area (Å²) >= 11 is 3.46. The van der Waals surface area contributed by atoms with E-state index in [-0.39, 0.29) is 5.52 Å². The molecule has 0 bridgehead atoms. The Labute approximate surface area is 121 Å². The number of H-pyrrole nitrogens is 2. The topological polar surface area (TPSA) is 83.5 Å². The van der Waals surface area contributed by atoms with E-state index in [2.05, 4.69) is 30.9 Å². The second-order valence-corrected chi connectivity index (χ2v) is 5.44. The molecule has 20 heavy (non-hydrogen) atoms. The molecule has 0 saturated carbocycles. The Morgan fingerprint density at radius 3 is 2.75 bits per heavy atom. The minimum absolute atomic E-state index is 0.288. The number of halogens is 1. The zero-order valence-electron chi connectivity index (χ0n) is 10.8. The first-order chi connectivity index (χ1) is 9.47. The molecule has 0 aliphatic heterocycles. The minimum atomic E-state index is -0.483. The van der Waals surface area contributed by atoms with E-state index in [1.54, 1.807) is 7.05 Å². The summed E-state index contributed by atoms with van der Waals surface area (Å²) in [6.45, 7) is 1.97. The van der Waals surface area contributed by atoms with Gasteiger partial charge < -0.3 is 4.98 Å². The summed E-state index contributed by atoms with van der Waals surface area (Å²) in [5.41, 5.74) is 1.59. The van der Waals surface area contributed by atoms with Crippen LogP contribution >= 0.6 is 15.9 Å². The summed E-state index contributed by atoms with van der Waals surface area (Å²) in [5, 5.41) is 0. The standard InChI is InChI=1S/C13H11BrN4O2/c1-6-3-4-8(14)7(5-6)10-15-9-11(16-10)18(2)13(20)17-12(9)19/h3-5H,1-2H3,(H,15,16)(H,17,19,20). The Balaban J connectivity index is 2.37. The van der Waals surface area contributed by atoms with Crippen LogP contribution in [0.2, 0.25) is 0 Å². The van der Waals surface area contributed by atoms with Crippen molar-refractivity contribution in [1.29, 1.82) is 0 Å². The van der Waals surface area contributed by atoms with Crippen LogP contribution in [0.25, 0.3) is 22.6 Å². The highest BCUT2D eigenvalue weighted by Gasteiger charge is 2.13. The van der Waals surface area contributed by atoms with Gasteiger partial charge in [-0.1, -0.05) is 27.6 Å². The number of nitrogens with zero attached hydrogens (tertiary/aromatic N) is 2. The molecule has 0 fully saturated rings. The van der Waals surface area contributed by atoms with Crippen LogP contribution in [-0.2, 0) is 7.05 Å². The summed E-state index contributed by atoms with van der Waals surface area (Å²) in [7, 11) is 1.57. The molecule has 6 nitrogen and oxygen atoms in total. The molecule has 3 rings (SSSR count). The van der Waals surface area contributed by atoms with E-state index in [1.807, 2.05) is 25.1 Å². The van der Waals surface area contributed by atoms with Gasteiger partial charge in [-0.15, -0.1) is 0 Å². The molecule has 102 valence electrons. The number of fused-ring (bicyclic) bond motifs is 1. The molecular formula is C13H11BrN4O2. The second-order valence-electron chi connectivity index (χ2n) is 4.59. The van der Waals surface area contributed by atoms with Gasteiger partial charge in [0.2, 0.25) is 0 Å². The number of hydrogen-bond acceptors (Lipinski definition) is 3. The highest BCUT2D eigenvalue weighted by atomic mass is 79.9.